The van der Waals surface area contributed by atoms with Crippen LogP contribution in [0.25, 0.3) is 0 Å². The lowest BCUT2D eigenvalue weighted by molar-refractivity contribution is -0.149. The molecule has 0 bridgehead atoms. The number of carbonyl (C=O) groups is 1. The van der Waals surface area contributed by atoms with Gasteiger partial charge < -0.3 is 14.5 Å². The Morgan fingerprint density at radius 2 is 2.10 bits per heavy atom. The second kappa shape index (κ2) is 6.93. The normalized spacial score (nSPS) is 24.4. The lowest BCUT2D eigenvalue weighted by atomic mass is 9.86. The number of ether oxygens (including phenoxy) is 1. The van der Waals surface area contributed by atoms with Gasteiger partial charge in [-0.3, -0.25) is 4.79 Å². The third-order valence-electron chi connectivity index (χ3n) is 4.02. The molecule has 4 heteroatoms. The summed E-state index contributed by atoms with van der Waals surface area (Å²) in [5.74, 6) is 1.99. The molecule has 1 aromatic heterocycles. The highest BCUT2D eigenvalue weighted by molar-refractivity contribution is 5.72. The van der Waals surface area contributed by atoms with Gasteiger partial charge in [0.15, 0.2) is 0 Å². The van der Waals surface area contributed by atoms with E-state index in [2.05, 4.69) is 12.2 Å². The van der Waals surface area contributed by atoms with Crippen molar-refractivity contribution in [1.82, 2.24) is 5.32 Å². The van der Waals surface area contributed by atoms with Gasteiger partial charge in [-0.15, -0.1) is 0 Å². The first-order valence-electron chi connectivity index (χ1n) is 7.59. The molecule has 0 radical (unpaired) electrons. The van der Waals surface area contributed by atoms with Crippen LogP contribution in [-0.4, -0.2) is 18.6 Å². The molecule has 20 heavy (non-hydrogen) atoms. The molecular formula is C16H25NO3. The summed E-state index contributed by atoms with van der Waals surface area (Å²) in [4.78, 5) is 11.7. The van der Waals surface area contributed by atoms with Gasteiger partial charge in [0.25, 0.3) is 0 Å². The molecule has 1 heterocycles. The Morgan fingerprint density at radius 3 is 2.65 bits per heavy atom. The highest BCUT2D eigenvalue weighted by Gasteiger charge is 2.28. The predicted octanol–water partition coefficient (Wildman–Crippen LogP) is 3.36. The Balaban J connectivity index is 1.78. The third kappa shape index (κ3) is 3.85. The van der Waals surface area contributed by atoms with Gasteiger partial charge in [-0.25, -0.2) is 0 Å². The van der Waals surface area contributed by atoms with E-state index in [1.807, 2.05) is 26.0 Å². The molecule has 1 aromatic rings. The topological polar surface area (TPSA) is 51.5 Å². The zero-order chi connectivity index (χ0) is 14.5. The van der Waals surface area contributed by atoms with Crippen molar-refractivity contribution in [2.24, 2.45) is 5.92 Å². The van der Waals surface area contributed by atoms with Crippen molar-refractivity contribution < 1.29 is 13.9 Å². The van der Waals surface area contributed by atoms with E-state index >= 15 is 0 Å². The number of rotatable bonds is 5. The van der Waals surface area contributed by atoms with E-state index in [1.165, 1.54) is 0 Å². The highest BCUT2D eigenvalue weighted by atomic mass is 16.5. The Morgan fingerprint density at radius 1 is 1.40 bits per heavy atom. The SMILES string of the molecule is CCOC(=O)C1CCC(NC(C)c2ccc(C)o2)CC1. The molecule has 1 fully saturated rings. The maximum absolute atomic E-state index is 11.7. The molecule has 1 atom stereocenters. The lowest BCUT2D eigenvalue weighted by Gasteiger charge is -2.29. The Bertz CT molecular complexity index is 433. The van der Waals surface area contributed by atoms with Gasteiger partial charge in [0.05, 0.1) is 18.6 Å². The molecular weight excluding hydrogens is 254 g/mol. The Labute approximate surface area is 120 Å². The van der Waals surface area contributed by atoms with E-state index in [4.69, 9.17) is 9.15 Å². The third-order valence-corrected chi connectivity index (χ3v) is 4.02. The first-order chi connectivity index (χ1) is 9.60. The Hall–Kier alpha value is -1.29. The molecule has 112 valence electrons. The van der Waals surface area contributed by atoms with Crippen molar-refractivity contribution in [2.45, 2.75) is 58.5 Å². The van der Waals surface area contributed by atoms with E-state index < -0.39 is 0 Å². The second-order valence-electron chi connectivity index (χ2n) is 5.64. The number of carbonyl (C=O) groups excluding carboxylic acids is 1. The fraction of sp³-hybridized carbons (Fsp3) is 0.688. The molecule has 1 N–H and O–H groups in total. The fourth-order valence-corrected chi connectivity index (χ4v) is 2.88. The summed E-state index contributed by atoms with van der Waals surface area (Å²) < 4.78 is 10.7. The van der Waals surface area contributed by atoms with Gasteiger partial charge in [-0.1, -0.05) is 0 Å². The van der Waals surface area contributed by atoms with Crippen LogP contribution in [0.3, 0.4) is 0 Å². The largest absolute Gasteiger partial charge is 0.466 e. The summed E-state index contributed by atoms with van der Waals surface area (Å²) in [6.45, 7) is 6.42. The first-order valence-corrected chi connectivity index (χ1v) is 7.59. The minimum atomic E-state index is -0.0272. The van der Waals surface area contributed by atoms with E-state index in [0.717, 1.165) is 37.2 Å². The first kappa shape index (κ1) is 15.1. The van der Waals surface area contributed by atoms with Crippen LogP contribution in [0.1, 0.15) is 57.1 Å². The monoisotopic (exact) mass is 279 g/mol. The minimum absolute atomic E-state index is 0.0272. The second-order valence-corrected chi connectivity index (χ2v) is 5.64. The quantitative estimate of drug-likeness (QED) is 0.840. The zero-order valence-corrected chi connectivity index (χ0v) is 12.6. The zero-order valence-electron chi connectivity index (χ0n) is 12.6. The van der Waals surface area contributed by atoms with Crippen molar-refractivity contribution in [3.8, 4) is 0 Å². The summed E-state index contributed by atoms with van der Waals surface area (Å²) in [6.07, 6.45) is 3.88. The van der Waals surface area contributed by atoms with E-state index in [-0.39, 0.29) is 17.9 Å². The molecule has 0 aromatic carbocycles. The van der Waals surface area contributed by atoms with Crippen molar-refractivity contribution in [2.75, 3.05) is 6.61 Å². The van der Waals surface area contributed by atoms with Gasteiger partial charge in [-0.05, 0) is 58.6 Å². The summed E-state index contributed by atoms with van der Waals surface area (Å²) in [6, 6.07) is 4.69. The molecule has 0 spiro atoms. The van der Waals surface area contributed by atoms with Gasteiger partial charge in [0.1, 0.15) is 11.5 Å². The fourth-order valence-electron chi connectivity index (χ4n) is 2.88. The number of hydrogen-bond acceptors (Lipinski definition) is 4. The minimum Gasteiger partial charge on any atom is -0.466 e. The molecule has 4 nitrogen and oxygen atoms in total. The standard InChI is InChI=1S/C16H25NO3/c1-4-19-16(18)13-6-8-14(9-7-13)17-12(3)15-10-5-11(2)20-15/h5,10,12-14,17H,4,6-9H2,1-3H3. The Kier molecular flexibility index (Phi) is 5.24. The highest BCUT2D eigenvalue weighted by Crippen LogP contribution is 2.27. The average Bonchev–Trinajstić information content (AvgIpc) is 2.86. The van der Waals surface area contributed by atoms with Crippen LogP contribution in [0.4, 0.5) is 0 Å². The van der Waals surface area contributed by atoms with Crippen molar-refractivity contribution in [3.05, 3.63) is 23.7 Å². The van der Waals surface area contributed by atoms with Crippen LogP contribution >= 0.6 is 0 Å². The number of nitrogens with one attached hydrogen (secondary N) is 1. The smallest absolute Gasteiger partial charge is 0.308 e. The molecule has 2 rings (SSSR count). The maximum Gasteiger partial charge on any atom is 0.308 e. The van der Waals surface area contributed by atoms with Crippen LogP contribution in [0.15, 0.2) is 16.5 Å². The molecule has 1 aliphatic rings. The molecule has 1 unspecified atom stereocenters. The van der Waals surface area contributed by atoms with Crippen LogP contribution < -0.4 is 5.32 Å². The number of furan rings is 1. The summed E-state index contributed by atoms with van der Waals surface area (Å²) in [5, 5.41) is 3.59. The molecule has 1 aliphatic carbocycles. The van der Waals surface area contributed by atoms with E-state index in [1.54, 1.807) is 0 Å². The van der Waals surface area contributed by atoms with E-state index in [9.17, 15) is 4.79 Å². The lowest BCUT2D eigenvalue weighted by Crippen LogP contribution is -2.36. The number of hydrogen-bond donors (Lipinski definition) is 1. The van der Waals surface area contributed by atoms with Gasteiger partial charge >= 0.3 is 5.97 Å². The molecule has 0 amide bonds. The van der Waals surface area contributed by atoms with Gasteiger partial charge in [0, 0.05) is 6.04 Å². The summed E-state index contributed by atoms with van der Waals surface area (Å²) in [5.41, 5.74) is 0. The van der Waals surface area contributed by atoms with Gasteiger partial charge in [-0.2, -0.15) is 0 Å². The molecule has 0 saturated heterocycles. The maximum atomic E-state index is 11.7. The average molecular weight is 279 g/mol. The van der Waals surface area contributed by atoms with Crippen LogP contribution in [0, 0.1) is 12.8 Å². The van der Waals surface area contributed by atoms with Crippen molar-refractivity contribution in [1.29, 1.82) is 0 Å². The van der Waals surface area contributed by atoms with Crippen molar-refractivity contribution in [3.63, 3.8) is 0 Å². The van der Waals surface area contributed by atoms with E-state index in [0.29, 0.717) is 12.6 Å². The molecule has 0 aliphatic heterocycles. The van der Waals surface area contributed by atoms with Crippen molar-refractivity contribution >= 4 is 5.97 Å². The van der Waals surface area contributed by atoms with Crippen LogP contribution in [0.5, 0.6) is 0 Å². The van der Waals surface area contributed by atoms with Crippen LogP contribution in [-0.2, 0) is 9.53 Å². The van der Waals surface area contributed by atoms with Crippen LogP contribution in [0.2, 0.25) is 0 Å². The summed E-state index contributed by atoms with van der Waals surface area (Å²) in [7, 11) is 0. The van der Waals surface area contributed by atoms with Gasteiger partial charge in [0.2, 0.25) is 0 Å². The number of esters is 1. The predicted molar refractivity (Wildman–Crippen MR) is 77.4 cm³/mol. The molecule has 1 saturated carbocycles. The number of aryl methyl sites for hydroxylation is 1. The summed E-state index contributed by atoms with van der Waals surface area (Å²) >= 11 is 0.